The van der Waals surface area contributed by atoms with Crippen molar-refractivity contribution in [3.63, 3.8) is 0 Å². The van der Waals surface area contributed by atoms with Gasteiger partial charge in [0.15, 0.2) is 0 Å². The minimum atomic E-state index is 0.264. The second-order valence-electron chi connectivity index (χ2n) is 5.21. The van der Waals surface area contributed by atoms with Gasteiger partial charge in [-0.1, -0.05) is 19.9 Å². The summed E-state index contributed by atoms with van der Waals surface area (Å²) < 4.78 is 5.46. The quantitative estimate of drug-likeness (QED) is 0.850. The summed E-state index contributed by atoms with van der Waals surface area (Å²) in [4.78, 5) is 0. The van der Waals surface area contributed by atoms with Gasteiger partial charge in [-0.05, 0) is 55.4 Å². The Balaban J connectivity index is 2.83. The van der Waals surface area contributed by atoms with E-state index in [2.05, 4.69) is 39.8 Å². The first-order valence-corrected chi connectivity index (χ1v) is 6.35. The fourth-order valence-corrected chi connectivity index (χ4v) is 2.11. The minimum Gasteiger partial charge on any atom is -0.496 e. The molecule has 0 aliphatic heterocycles. The highest BCUT2D eigenvalue weighted by molar-refractivity contribution is 5.43. The highest BCUT2D eigenvalue weighted by Gasteiger charge is 2.12. The molecular formula is C15H25NO. The monoisotopic (exact) mass is 235 g/mol. The Bertz CT molecular complexity index is 371. The fraction of sp³-hybridized carbons (Fsp3) is 0.600. The van der Waals surface area contributed by atoms with Crippen LogP contribution in [0, 0.1) is 19.8 Å². The smallest absolute Gasteiger partial charge is 0.122 e. The van der Waals surface area contributed by atoms with Gasteiger partial charge < -0.3 is 10.5 Å². The van der Waals surface area contributed by atoms with Gasteiger partial charge in [-0.15, -0.1) is 0 Å². The maximum atomic E-state index is 6.10. The van der Waals surface area contributed by atoms with Crippen molar-refractivity contribution in [2.45, 2.75) is 46.6 Å². The Morgan fingerprint density at radius 3 is 2.41 bits per heavy atom. The lowest BCUT2D eigenvalue weighted by Gasteiger charge is -2.18. The number of hydrogen-bond acceptors (Lipinski definition) is 2. The van der Waals surface area contributed by atoms with Crippen LogP contribution in [0.2, 0.25) is 0 Å². The molecule has 0 saturated heterocycles. The summed E-state index contributed by atoms with van der Waals surface area (Å²) in [7, 11) is 1.74. The molecule has 2 heteroatoms. The molecule has 1 rings (SSSR count). The van der Waals surface area contributed by atoms with Gasteiger partial charge in [0.2, 0.25) is 0 Å². The van der Waals surface area contributed by atoms with Crippen molar-refractivity contribution in [1.82, 2.24) is 0 Å². The fourth-order valence-electron chi connectivity index (χ4n) is 2.11. The highest BCUT2D eigenvalue weighted by atomic mass is 16.5. The molecule has 1 aromatic rings. The number of methoxy groups -OCH3 is 1. The standard InChI is InChI=1S/C15H25NO/c1-10(2)14(16)7-6-13-12(4)8-11(3)9-15(13)17-5/h8-10,14H,6-7,16H2,1-5H3. The SMILES string of the molecule is COc1cc(C)cc(C)c1CCC(N)C(C)C. The Morgan fingerprint density at radius 1 is 1.24 bits per heavy atom. The van der Waals surface area contributed by atoms with Crippen LogP contribution in [-0.4, -0.2) is 13.2 Å². The number of hydrogen-bond donors (Lipinski definition) is 1. The zero-order valence-corrected chi connectivity index (χ0v) is 11.7. The number of ether oxygens (including phenoxy) is 1. The third-order valence-electron chi connectivity index (χ3n) is 3.38. The van der Waals surface area contributed by atoms with Crippen molar-refractivity contribution in [3.8, 4) is 5.75 Å². The van der Waals surface area contributed by atoms with Gasteiger partial charge in [-0.2, -0.15) is 0 Å². The van der Waals surface area contributed by atoms with Gasteiger partial charge in [0.25, 0.3) is 0 Å². The van der Waals surface area contributed by atoms with E-state index in [-0.39, 0.29) is 6.04 Å². The summed E-state index contributed by atoms with van der Waals surface area (Å²) in [6, 6.07) is 4.57. The first kappa shape index (κ1) is 14.0. The van der Waals surface area contributed by atoms with E-state index in [1.807, 2.05) is 0 Å². The van der Waals surface area contributed by atoms with Crippen LogP contribution in [0.15, 0.2) is 12.1 Å². The van der Waals surface area contributed by atoms with Crippen LogP contribution >= 0.6 is 0 Å². The van der Waals surface area contributed by atoms with Crippen LogP contribution in [-0.2, 0) is 6.42 Å². The molecule has 0 aliphatic rings. The average molecular weight is 235 g/mol. The Morgan fingerprint density at radius 2 is 1.88 bits per heavy atom. The van der Waals surface area contributed by atoms with Crippen LogP contribution in [0.1, 0.15) is 37.0 Å². The molecule has 0 bridgehead atoms. The lowest BCUT2D eigenvalue weighted by molar-refractivity contribution is 0.404. The van der Waals surface area contributed by atoms with Gasteiger partial charge in [0.1, 0.15) is 5.75 Å². The van der Waals surface area contributed by atoms with Crippen molar-refractivity contribution in [2.75, 3.05) is 7.11 Å². The van der Waals surface area contributed by atoms with Gasteiger partial charge in [0.05, 0.1) is 7.11 Å². The molecule has 0 heterocycles. The molecule has 1 aromatic carbocycles. The molecule has 0 aliphatic carbocycles. The first-order valence-electron chi connectivity index (χ1n) is 6.35. The lowest BCUT2D eigenvalue weighted by Crippen LogP contribution is -2.26. The van der Waals surface area contributed by atoms with Gasteiger partial charge in [-0.3, -0.25) is 0 Å². The number of aryl methyl sites for hydroxylation is 2. The molecule has 96 valence electrons. The van der Waals surface area contributed by atoms with E-state index in [9.17, 15) is 0 Å². The van der Waals surface area contributed by atoms with E-state index < -0.39 is 0 Å². The Hall–Kier alpha value is -1.02. The zero-order valence-electron chi connectivity index (χ0n) is 11.7. The predicted molar refractivity (Wildman–Crippen MR) is 73.6 cm³/mol. The second kappa shape index (κ2) is 6.06. The van der Waals surface area contributed by atoms with Crippen molar-refractivity contribution >= 4 is 0 Å². The molecule has 1 unspecified atom stereocenters. The molecule has 2 nitrogen and oxygen atoms in total. The molecule has 0 amide bonds. The Labute approximate surface area is 105 Å². The van der Waals surface area contributed by atoms with Crippen molar-refractivity contribution in [1.29, 1.82) is 0 Å². The summed E-state index contributed by atoms with van der Waals surface area (Å²) in [6.07, 6.45) is 2.01. The number of rotatable bonds is 5. The first-order chi connectivity index (χ1) is 7.95. The lowest BCUT2D eigenvalue weighted by atomic mass is 9.94. The van der Waals surface area contributed by atoms with E-state index in [0.717, 1.165) is 18.6 Å². The number of nitrogens with two attached hydrogens (primary N) is 1. The van der Waals surface area contributed by atoms with E-state index >= 15 is 0 Å². The molecular weight excluding hydrogens is 210 g/mol. The van der Waals surface area contributed by atoms with Crippen molar-refractivity contribution in [3.05, 3.63) is 28.8 Å². The molecule has 0 saturated carbocycles. The molecule has 0 fully saturated rings. The topological polar surface area (TPSA) is 35.2 Å². The molecule has 0 aromatic heterocycles. The van der Waals surface area contributed by atoms with Crippen LogP contribution in [0.5, 0.6) is 5.75 Å². The van der Waals surface area contributed by atoms with Crippen LogP contribution in [0.3, 0.4) is 0 Å². The summed E-state index contributed by atoms with van der Waals surface area (Å²) in [6.45, 7) is 8.58. The third-order valence-corrected chi connectivity index (χ3v) is 3.38. The number of benzene rings is 1. The third kappa shape index (κ3) is 3.74. The van der Waals surface area contributed by atoms with Crippen molar-refractivity contribution < 1.29 is 4.74 Å². The summed E-state index contributed by atoms with van der Waals surface area (Å²) >= 11 is 0. The molecule has 0 spiro atoms. The normalized spacial score (nSPS) is 12.9. The van der Waals surface area contributed by atoms with Gasteiger partial charge in [-0.25, -0.2) is 0 Å². The minimum absolute atomic E-state index is 0.264. The van der Waals surface area contributed by atoms with Crippen LogP contribution in [0.25, 0.3) is 0 Å². The molecule has 17 heavy (non-hydrogen) atoms. The van der Waals surface area contributed by atoms with E-state index in [1.54, 1.807) is 7.11 Å². The van der Waals surface area contributed by atoms with E-state index in [0.29, 0.717) is 5.92 Å². The van der Waals surface area contributed by atoms with Crippen LogP contribution in [0.4, 0.5) is 0 Å². The second-order valence-corrected chi connectivity index (χ2v) is 5.21. The van der Waals surface area contributed by atoms with Gasteiger partial charge in [0, 0.05) is 6.04 Å². The summed E-state index contributed by atoms with van der Waals surface area (Å²) in [5, 5.41) is 0. The average Bonchev–Trinajstić information content (AvgIpc) is 2.26. The maximum absolute atomic E-state index is 6.10. The molecule has 1 atom stereocenters. The van der Waals surface area contributed by atoms with E-state index in [4.69, 9.17) is 10.5 Å². The predicted octanol–water partition coefficient (Wildman–Crippen LogP) is 3.23. The van der Waals surface area contributed by atoms with Crippen LogP contribution < -0.4 is 10.5 Å². The van der Waals surface area contributed by atoms with Gasteiger partial charge >= 0.3 is 0 Å². The Kier molecular flexibility index (Phi) is 5.01. The maximum Gasteiger partial charge on any atom is 0.122 e. The largest absolute Gasteiger partial charge is 0.496 e. The summed E-state index contributed by atoms with van der Waals surface area (Å²) in [5.41, 5.74) is 9.95. The summed E-state index contributed by atoms with van der Waals surface area (Å²) in [5.74, 6) is 1.53. The van der Waals surface area contributed by atoms with Crippen molar-refractivity contribution in [2.24, 2.45) is 11.7 Å². The zero-order chi connectivity index (χ0) is 13.0. The van der Waals surface area contributed by atoms with E-state index in [1.165, 1.54) is 16.7 Å². The molecule has 2 N–H and O–H groups in total. The highest BCUT2D eigenvalue weighted by Crippen LogP contribution is 2.26. The molecule has 0 radical (unpaired) electrons.